The van der Waals surface area contributed by atoms with Crippen molar-refractivity contribution in [3.8, 4) is 28.5 Å². The number of nitrogens with one attached hydrogen (secondary N) is 1. The van der Waals surface area contributed by atoms with Crippen LogP contribution in [0.1, 0.15) is 12.8 Å². The first-order chi connectivity index (χ1) is 13.1. The van der Waals surface area contributed by atoms with Crippen LogP contribution in [0, 0.1) is 0 Å². The number of ether oxygens (including phenoxy) is 1. The molecule has 3 N–H and O–H groups in total. The van der Waals surface area contributed by atoms with Crippen molar-refractivity contribution < 1.29 is 4.74 Å². The minimum absolute atomic E-state index is 0.291. The number of rotatable bonds is 4. The first-order valence-corrected chi connectivity index (χ1v) is 9.40. The summed E-state index contributed by atoms with van der Waals surface area (Å²) in [6, 6.07) is 13.3. The van der Waals surface area contributed by atoms with Gasteiger partial charge in [-0.2, -0.15) is 5.10 Å². The molecule has 1 aliphatic rings. The number of likely N-dealkylation sites (tertiary alicyclic amines) is 1. The highest BCUT2D eigenvalue weighted by molar-refractivity contribution is 6.33. The summed E-state index contributed by atoms with van der Waals surface area (Å²) in [7, 11) is 2.15. The van der Waals surface area contributed by atoms with Gasteiger partial charge in [-0.15, -0.1) is 0 Å². The summed E-state index contributed by atoms with van der Waals surface area (Å²) in [5.41, 5.74) is 8.14. The number of halogens is 1. The molecular formula is C20H22ClN5O. The van der Waals surface area contributed by atoms with Crippen LogP contribution in [0.5, 0.6) is 5.75 Å². The van der Waals surface area contributed by atoms with Gasteiger partial charge in [-0.1, -0.05) is 11.6 Å². The molecule has 2 aromatic carbocycles. The van der Waals surface area contributed by atoms with Gasteiger partial charge in [-0.05, 0) is 62.4 Å². The standard InChI is InChI=1S/C20H22ClN5O/c1-26-10-8-16(9-11-26)27-15-5-2-13(3-6-15)19-23-20(25-24-19)14-4-7-17(21)18(22)12-14/h2-7,12,16H,8-11,22H2,1H3,(H,23,24,25). The molecule has 0 aliphatic carbocycles. The molecule has 7 heteroatoms. The smallest absolute Gasteiger partial charge is 0.181 e. The molecule has 27 heavy (non-hydrogen) atoms. The van der Waals surface area contributed by atoms with E-state index >= 15 is 0 Å². The van der Waals surface area contributed by atoms with E-state index in [1.165, 1.54) is 0 Å². The van der Waals surface area contributed by atoms with Gasteiger partial charge in [0.25, 0.3) is 0 Å². The summed E-state index contributed by atoms with van der Waals surface area (Å²) in [4.78, 5) is 6.90. The second-order valence-corrected chi connectivity index (χ2v) is 7.30. The largest absolute Gasteiger partial charge is 0.490 e. The van der Waals surface area contributed by atoms with Gasteiger partial charge < -0.3 is 15.4 Å². The lowest BCUT2D eigenvalue weighted by Crippen LogP contribution is -2.35. The average molecular weight is 384 g/mol. The van der Waals surface area contributed by atoms with E-state index in [4.69, 9.17) is 22.1 Å². The molecular weight excluding hydrogens is 362 g/mol. The Balaban J connectivity index is 1.46. The fraction of sp³-hybridized carbons (Fsp3) is 0.300. The highest BCUT2D eigenvalue weighted by atomic mass is 35.5. The SMILES string of the molecule is CN1CCC(Oc2ccc(-c3nc(-c4ccc(Cl)c(N)c4)n[nH]3)cc2)CC1. The van der Waals surface area contributed by atoms with Crippen molar-refractivity contribution >= 4 is 17.3 Å². The van der Waals surface area contributed by atoms with Crippen molar-refractivity contribution in [3.63, 3.8) is 0 Å². The van der Waals surface area contributed by atoms with Gasteiger partial charge in [0.05, 0.1) is 10.7 Å². The lowest BCUT2D eigenvalue weighted by molar-refractivity contribution is 0.114. The van der Waals surface area contributed by atoms with Crippen molar-refractivity contribution in [2.75, 3.05) is 25.9 Å². The second kappa shape index (κ2) is 7.58. The lowest BCUT2D eigenvalue weighted by atomic mass is 10.1. The van der Waals surface area contributed by atoms with E-state index in [0.717, 1.165) is 42.8 Å². The molecule has 0 radical (unpaired) electrons. The third-order valence-corrected chi connectivity index (χ3v) is 5.18. The Morgan fingerprint density at radius 2 is 1.81 bits per heavy atom. The fourth-order valence-electron chi connectivity index (χ4n) is 3.19. The Bertz CT molecular complexity index is 916. The molecule has 0 saturated carbocycles. The van der Waals surface area contributed by atoms with E-state index in [2.05, 4.69) is 27.1 Å². The second-order valence-electron chi connectivity index (χ2n) is 6.89. The van der Waals surface area contributed by atoms with Gasteiger partial charge in [0, 0.05) is 24.2 Å². The van der Waals surface area contributed by atoms with Crippen LogP contribution in [0.25, 0.3) is 22.8 Å². The van der Waals surface area contributed by atoms with Gasteiger partial charge in [0.2, 0.25) is 0 Å². The van der Waals surface area contributed by atoms with Crippen LogP contribution in [0.15, 0.2) is 42.5 Å². The normalized spacial score (nSPS) is 15.8. The van der Waals surface area contributed by atoms with Crippen LogP contribution in [0.2, 0.25) is 5.02 Å². The highest BCUT2D eigenvalue weighted by Crippen LogP contribution is 2.27. The fourth-order valence-corrected chi connectivity index (χ4v) is 3.31. The Labute approximate surface area is 163 Å². The number of piperidine rings is 1. The molecule has 1 aromatic heterocycles. The molecule has 0 bridgehead atoms. The zero-order valence-corrected chi connectivity index (χ0v) is 15.9. The first kappa shape index (κ1) is 17.8. The molecule has 0 spiro atoms. The number of aromatic nitrogens is 3. The molecule has 1 saturated heterocycles. The minimum Gasteiger partial charge on any atom is -0.490 e. The number of nitrogens with zero attached hydrogens (tertiary/aromatic N) is 3. The van der Waals surface area contributed by atoms with Crippen molar-refractivity contribution in [3.05, 3.63) is 47.5 Å². The highest BCUT2D eigenvalue weighted by Gasteiger charge is 2.18. The van der Waals surface area contributed by atoms with Gasteiger partial charge >= 0.3 is 0 Å². The van der Waals surface area contributed by atoms with Crippen LogP contribution in [0.3, 0.4) is 0 Å². The molecule has 140 valence electrons. The van der Waals surface area contributed by atoms with Gasteiger partial charge in [0.1, 0.15) is 11.9 Å². The summed E-state index contributed by atoms with van der Waals surface area (Å²) in [5.74, 6) is 2.17. The molecule has 1 fully saturated rings. The molecule has 0 atom stereocenters. The number of nitrogens with two attached hydrogens (primary N) is 1. The maximum Gasteiger partial charge on any atom is 0.181 e. The molecule has 1 aliphatic heterocycles. The van der Waals surface area contributed by atoms with Crippen molar-refractivity contribution in [1.29, 1.82) is 0 Å². The zero-order valence-electron chi connectivity index (χ0n) is 15.2. The van der Waals surface area contributed by atoms with Crippen LogP contribution in [0.4, 0.5) is 5.69 Å². The van der Waals surface area contributed by atoms with E-state index in [9.17, 15) is 0 Å². The number of hydrogen-bond donors (Lipinski definition) is 2. The van der Waals surface area contributed by atoms with Gasteiger partial charge in [-0.25, -0.2) is 4.98 Å². The lowest BCUT2D eigenvalue weighted by Gasteiger charge is -2.29. The predicted molar refractivity (Wildman–Crippen MR) is 108 cm³/mol. The summed E-state index contributed by atoms with van der Waals surface area (Å²) < 4.78 is 6.09. The van der Waals surface area contributed by atoms with E-state index in [1.807, 2.05) is 30.3 Å². The van der Waals surface area contributed by atoms with Gasteiger partial charge in [0.15, 0.2) is 11.6 Å². The van der Waals surface area contributed by atoms with Crippen LogP contribution in [-0.4, -0.2) is 46.3 Å². The zero-order chi connectivity index (χ0) is 18.8. The number of anilines is 1. The maximum atomic E-state index is 6.09. The quantitative estimate of drug-likeness (QED) is 0.669. The van der Waals surface area contributed by atoms with Crippen molar-refractivity contribution in [1.82, 2.24) is 20.1 Å². The molecule has 4 rings (SSSR count). The Morgan fingerprint density at radius 3 is 2.52 bits per heavy atom. The predicted octanol–water partition coefficient (Wildman–Crippen LogP) is 3.85. The number of benzene rings is 2. The number of nitrogen functional groups attached to an aromatic ring is 1. The monoisotopic (exact) mass is 383 g/mol. The van der Waals surface area contributed by atoms with E-state index < -0.39 is 0 Å². The molecule has 0 unspecified atom stereocenters. The summed E-state index contributed by atoms with van der Waals surface area (Å²) >= 11 is 5.97. The summed E-state index contributed by atoms with van der Waals surface area (Å²) in [6.07, 6.45) is 2.42. The average Bonchev–Trinajstić information content (AvgIpc) is 3.17. The third kappa shape index (κ3) is 4.07. The Kier molecular flexibility index (Phi) is 5.01. The van der Waals surface area contributed by atoms with Crippen LogP contribution in [-0.2, 0) is 0 Å². The third-order valence-electron chi connectivity index (χ3n) is 4.84. The van der Waals surface area contributed by atoms with E-state index in [1.54, 1.807) is 12.1 Å². The minimum atomic E-state index is 0.291. The molecule has 3 aromatic rings. The Morgan fingerprint density at radius 1 is 1.11 bits per heavy atom. The number of aromatic amines is 1. The van der Waals surface area contributed by atoms with Crippen LogP contribution >= 0.6 is 11.6 Å². The van der Waals surface area contributed by atoms with Crippen molar-refractivity contribution in [2.45, 2.75) is 18.9 Å². The molecule has 2 heterocycles. The summed E-state index contributed by atoms with van der Waals surface area (Å²) in [5, 5.41) is 7.79. The van der Waals surface area contributed by atoms with Crippen LogP contribution < -0.4 is 10.5 Å². The van der Waals surface area contributed by atoms with E-state index in [0.29, 0.717) is 28.5 Å². The summed E-state index contributed by atoms with van der Waals surface area (Å²) in [6.45, 7) is 2.16. The maximum absolute atomic E-state index is 6.09. The molecule has 0 amide bonds. The number of hydrogen-bond acceptors (Lipinski definition) is 5. The Hall–Kier alpha value is -2.57. The van der Waals surface area contributed by atoms with Gasteiger partial charge in [-0.3, -0.25) is 5.10 Å². The topological polar surface area (TPSA) is 80.1 Å². The number of H-pyrrole nitrogens is 1. The van der Waals surface area contributed by atoms with E-state index in [-0.39, 0.29) is 0 Å². The molecule has 6 nitrogen and oxygen atoms in total. The first-order valence-electron chi connectivity index (χ1n) is 9.02. The van der Waals surface area contributed by atoms with Crippen molar-refractivity contribution in [2.24, 2.45) is 0 Å².